The number of nitrogens with one attached hydrogen (secondary N) is 1. The highest BCUT2D eigenvalue weighted by Crippen LogP contribution is 2.20. The third-order valence-electron chi connectivity index (χ3n) is 3.72. The fraction of sp³-hybridized carbons (Fsp3) is 0.286. The van der Waals surface area contributed by atoms with Gasteiger partial charge in [0.05, 0.1) is 6.61 Å². The highest BCUT2D eigenvalue weighted by molar-refractivity contribution is 6.02. The lowest BCUT2D eigenvalue weighted by molar-refractivity contribution is -0.111. The van der Waals surface area contributed by atoms with Crippen molar-refractivity contribution in [3.63, 3.8) is 0 Å². The van der Waals surface area contributed by atoms with Crippen LogP contribution >= 0.6 is 0 Å². The van der Waals surface area contributed by atoms with Crippen LogP contribution < -0.4 is 10.1 Å². The quantitative estimate of drug-likeness (QED) is 0.543. The average Bonchev–Trinajstić information content (AvgIpc) is 2.62. The van der Waals surface area contributed by atoms with Gasteiger partial charge in [0.2, 0.25) is 5.91 Å². The maximum absolute atomic E-state index is 12.1. The van der Waals surface area contributed by atoms with Gasteiger partial charge in [-0.15, -0.1) is 0 Å². The molecule has 3 heteroatoms. The molecule has 1 amide bonds. The van der Waals surface area contributed by atoms with Crippen LogP contribution in [-0.2, 0) is 11.2 Å². The van der Waals surface area contributed by atoms with Crippen molar-refractivity contribution in [2.75, 3.05) is 11.9 Å². The molecule has 24 heavy (non-hydrogen) atoms. The Bertz CT molecular complexity index is 674. The number of carbonyl (C=O) groups is 1. The van der Waals surface area contributed by atoms with Crippen LogP contribution in [0.2, 0.25) is 0 Å². The Morgan fingerprint density at radius 3 is 2.54 bits per heavy atom. The lowest BCUT2D eigenvalue weighted by atomic mass is 10.1. The van der Waals surface area contributed by atoms with Crippen LogP contribution in [0.5, 0.6) is 5.75 Å². The number of ether oxygens (including phenoxy) is 1. The minimum absolute atomic E-state index is 0.150. The van der Waals surface area contributed by atoms with Crippen molar-refractivity contribution in [3.05, 3.63) is 65.7 Å². The van der Waals surface area contributed by atoms with E-state index in [0.29, 0.717) is 6.61 Å². The molecule has 3 nitrogen and oxygen atoms in total. The third-order valence-corrected chi connectivity index (χ3v) is 3.72. The summed E-state index contributed by atoms with van der Waals surface area (Å²) >= 11 is 0. The van der Waals surface area contributed by atoms with E-state index in [-0.39, 0.29) is 5.91 Å². The number of anilines is 1. The first kappa shape index (κ1) is 17.8. The number of amides is 1. The Labute approximate surface area is 144 Å². The van der Waals surface area contributed by atoms with Gasteiger partial charge in [0.1, 0.15) is 5.75 Å². The fourth-order valence-electron chi connectivity index (χ4n) is 2.25. The highest BCUT2D eigenvalue weighted by atomic mass is 16.5. The smallest absolute Gasteiger partial charge is 0.248 e. The second-order valence-corrected chi connectivity index (χ2v) is 5.61. The van der Waals surface area contributed by atoms with E-state index < -0.39 is 0 Å². The summed E-state index contributed by atoms with van der Waals surface area (Å²) in [6.07, 6.45) is 6.43. The van der Waals surface area contributed by atoms with Crippen molar-refractivity contribution in [1.29, 1.82) is 0 Å². The molecule has 126 valence electrons. The van der Waals surface area contributed by atoms with E-state index in [0.717, 1.165) is 36.3 Å². The number of rotatable bonds is 8. The molecule has 0 saturated heterocycles. The second-order valence-electron chi connectivity index (χ2n) is 5.61. The standard InChI is InChI=1S/C21H25NO2/c1-3-5-16-24-20-9-7-6-8-18(20)12-15-21(23)22-19-13-10-17(4-2)11-14-19/h6-15H,3-5,16H2,1-2H3,(H,22,23). The maximum Gasteiger partial charge on any atom is 0.248 e. The summed E-state index contributed by atoms with van der Waals surface area (Å²) in [5, 5.41) is 2.87. The first-order chi connectivity index (χ1) is 11.7. The van der Waals surface area contributed by atoms with Crippen molar-refractivity contribution in [1.82, 2.24) is 0 Å². The lowest BCUT2D eigenvalue weighted by Gasteiger charge is -2.08. The number of para-hydroxylation sites is 1. The Hall–Kier alpha value is -2.55. The molecule has 0 aliphatic rings. The Morgan fingerprint density at radius 1 is 1.08 bits per heavy atom. The summed E-state index contributed by atoms with van der Waals surface area (Å²) in [6.45, 7) is 4.93. The Morgan fingerprint density at radius 2 is 1.83 bits per heavy atom. The van der Waals surface area contributed by atoms with Crippen LogP contribution in [0, 0.1) is 0 Å². The van der Waals surface area contributed by atoms with Crippen LogP contribution in [0.1, 0.15) is 37.8 Å². The van der Waals surface area contributed by atoms with Crippen molar-refractivity contribution < 1.29 is 9.53 Å². The van der Waals surface area contributed by atoms with Crippen LogP contribution in [-0.4, -0.2) is 12.5 Å². The van der Waals surface area contributed by atoms with Gasteiger partial charge in [-0.3, -0.25) is 4.79 Å². The van der Waals surface area contributed by atoms with Crippen LogP contribution in [0.3, 0.4) is 0 Å². The van der Waals surface area contributed by atoms with E-state index in [9.17, 15) is 4.79 Å². The van der Waals surface area contributed by atoms with Crippen molar-refractivity contribution >= 4 is 17.7 Å². The predicted octanol–water partition coefficient (Wildman–Crippen LogP) is 5.08. The number of benzene rings is 2. The van der Waals surface area contributed by atoms with Gasteiger partial charge in [0.15, 0.2) is 0 Å². The van der Waals surface area contributed by atoms with E-state index in [1.54, 1.807) is 6.08 Å². The van der Waals surface area contributed by atoms with E-state index in [2.05, 4.69) is 19.2 Å². The zero-order valence-electron chi connectivity index (χ0n) is 14.4. The van der Waals surface area contributed by atoms with Crippen LogP contribution in [0.25, 0.3) is 6.08 Å². The lowest BCUT2D eigenvalue weighted by Crippen LogP contribution is -2.07. The van der Waals surface area contributed by atoms with E-state index in [1.807, 2.05) is 48.5 Å². The monoisotopic (exact) mass is 323 g/mol. The zero-order chi connectivity index (χ0) is 17.2. The molecule has 0 atom stereocenters. The molecule has 0 aromatic heterocycles. The Kier molecular flexibility index (Phi) is 7.09. The molecule has 0 heterocycles. The molecule has 0 aliphatic carbocycles. The maximum atomic E-state index is 12.1. The number of unbranched alkanes of at least 4 members (excludes halogenated alkanes) is 1. The van der Waals surface area contributed by atoms with Crippen molar-refractivity contribution in [2.24, 2.45) is 0 Å². The first-order valence-electron chi connectivity index (χ1n) is 8.52. The van der Waals surface area contributed by atoms with Gasteiger partial charge in [0, 0.05) is 17.3 Å². The van der Waals surface area contributed by atoms with E-state index in [1.165, 1.54) is 11.6 Å². The minimum atomic E-state index is -0.150. The largest absolute Gasteiger partial charge is 0.493 e. The number of hydrogen-bond donors (Lipinski definition) is 1. The SMILES string of the molecule is CCCCOc1ccccc1C=CC(=O)Nc1ccc(CC)cc1. The third kappa shape index (κ3) is 5.58. The molecular formula is C21H25NO2. The average molecular weight is 323 g/mol. The zero-order valence-corrected chi connectivity index (χ0v) is 14.4. The van der Waals surface area contributed by atoms with Gasteiger partial charge in [0.25, 0.3) is 0 Å². The fourth-order valence-corrected chi connectivity index (χ4v) is 2.25. The molecule has 0 saturated carbocycles. The summed E-state index contributed by atoms with van der Waals surface area (Å²) in [5.41, 5.74) is 2.96. The Balaban J connectivity index is 1.97. The van der Waals surface area contributed by atoms with Gasteiger partial charge in [-0.1, -0.05) is 50.6 Å². The van der Waals surface area contributed by atoms with Gasteiger partial charge in [-0.25, -0.2) is 0 Å². The molecule has 2 rings (SSSR count). The van der Waals surface area contributed by atoms with Gasteiger partial charge < -0.3 is 10.1 Å². The molecule has 0 bridgehead atoms. The van der Waals surface area contributed by atoms with E-state index >= 15 is 0 Å². The molecule has 0 aliphatic heterocycles. The predicted molar refractivity (Wildman–Crippen MR) is 100 cm³/mol. The summed E-state index contributed by atoms with van der Waals surface area (Å²) in [5.74, 6) is 0.657. The molecule has 0 spiro atoms. The first-order valence-corrected chi connectivity index (χ1v) is 8.52. The van der Waals surface area contributed by atoms with Crippen LogP contribution in [0.15, 0.2) is 54.6 Å². The normalized spacial score (nSPS) is 10.8. The molecule has 2 aromatic rings. The molecule has 0 fully saturated rings. The van der Waals surface area contributed by atoms with Gasteiger partial charge in [-0.2, -0.15) is 0 Å². The molecule has 0 unspecified atom stereocenters. The van der Waals surface area contributed by atoms with E-state index in [4.69, 9.17) is 4.74 Å². The van der Waals surface area contributed by atoms with Gasteiger partial charge >= 0.3 is 0 Å². The molecule has 2 aromatic carbocycles. The molecule has 0 radical (unpaired) electrons. The van der Waals surface area contributed by atoms with Crippen molar-refractivity contribution in [2.45, 2.75) is 33.1 Å². The second kappa shape index (κ2) is 9.56. The number of aryl methyl sites for hydroxylation is 1. The summed E-state index contributed by atoms with van der Waals surface area (Å²) < 4.78 is 5.77. The summed E-state index contributed by atoms with van der Waals surface area (Å²) in [4.78, 5) is 12.1. The molecular weight excluding hydrogens is 298 g/mol. The number of hydrogen-bond acceptors (Lipinski definition) is 2. The topological polar surface area (TPSA) is 38.3 Å². The minimum Gasteiger partial charge on any atom is -0.493 e. The summed E-state index contributed by atoms with van der Waals surface area (Å²) in [7, 11) is 0. The highest BCUT2D eigenvalue weighted by Gasteiger charge is 2.02. The molecule has 1 N–H and O–H groups in total. The van der Waals surface area contributed by atoms with Crippen molar-refractivity contribution in [3.8, 4) is 5.75 Å². The van der Waals surface area contributed by atoms with Crippen LogP contribution in [0.4, 0.5) is 5.69 Å². The summed E-state index contributed by atoms with van der Waals surface area (Å²) in [6, 6.07) is 15.6. The number of carbonyl (C=O) groups excluding carboxylic acids is 1. The van der Waals surface area contributed by atoms with Gasteiger partial charge in [-0.05, 0) is 42.7 Å².